The number of hydrogen-bond donors (Lipinski definition) is 2. The Morgan fingerprint density at radius 1 is 1.45 bits per heavy atom. The van der Waals surface area contributed by atoms with Crippen molar-refractivity contribution in [3.05, 3.63) is 29.6 Å². The molecule has 0 aliphatic carbocycles. The Morgan fingerprint density at radius 3 is 2.60 bits per heavy atom. The van der Waals surface area contributed by atoms with E-state index in [9.17, 15) is 9.18 Å². The average Bonchev–Trinajstić information content (AvgIpc) is 2.39. The number of rotatable bonds is 4. The summed E-state index contributed by atoms with van der Waals surface area (Å²) in [6, 6.07) is 5.01. The number of anilines is 1. The normalized spacial score (nSPS) is 18.1. The number of nitrogens with two attached hydrogens (primary N) is 2. The molecule has 2 rings (SSSR count). The van der Waals surface area contributed by atoms with E-state index in [1.165, 1.54) is 6.07 Å². The van der Waals surface area contributed by atoms with Gasteiger partial charge < -0.3 is 16.4 Å². The number of piperidine rings is 1. The summed E-state index contributed by atoms with van der Waals surface area (Å²) in [6.45, 7) is 3.35. The van der Waals surface area contributed by atoms with E-state index in [4.69, 9.17) is 11.5 Å². The third-order valence-electron chi connectivity index (χ3n) is 3.94. The van der Waals surface area contributed by atoms with Crippen molar-refractivity contribution in [1.29, 1.82) is 0 Å². The first kappa shape index (κ1) is 14.8. The zero-order valence-corrected chi connectivity index (χ0v) is 11.8. The molecule has 1 aromatic rings. The lowest BCUT2D eigenvalue weighted by Crippen LogP contribution is -2.35. The molecule has 1 fully saturated rings. The minimum absolute atomic E-state index is 0.167. The molecule has 1 aliphatic rings. The van der Waals surface area contributed by atoms with E-state index >= 15 is 0 Å². The van der Waals surface area contributed by atoms with Crippen LogP contribution in [0.3, 0.4) is 0 Å². The Labute approximate surface area is 118 Å². The Balaban J connectivity index is 2.02. The smallest absolute Gasteiger partial charge is 0.217 e. The number of benzene rings is 1. The molecule has 1 aromatic carbocycles. The summed E-state index contributed by atoms with van der Waals surface area (Å²) in [4.78, 5) is 12.9. The maximum absolute atomic E-state index is 14.1. The largest absolute Gasteiger partial charge is 0.370 e. The van der Waals surface area contributed by atoms with Crippen LogP contribution in [0, 0.1) is 11.7 Å². The lowest BCUT2D eigenvalue weighted by molar-refractivity contribution is -0.119. The summed E-state index contributed by atoms with van der Waals surface area (Å²) in [5.41, 5.74) is 12.4. The number of amides is 1. The van der Waals surface area contributed by atoms with Gasteiger partial charge in [-0.25, -0.2) is 4.39 Å². The minimum Gasteiger partial charge on any atom is -0.370 e. The second-order valence-electron chi connectivity index (χ2n) is 5.60. The second kappa shape index (κ2) is 6.22. The molecular formula is C15H22FN3O. The quantitative estimate of drug-likeness (QED) is 0.884. The molecule has 4 N–H and O–H groups in total. The first-order valence-corrected chi connectivity index (χ1v) is 7.05. The molecular weight excluding hydrogens is 257 g/mol. The number of carbonyl (C=O) groups is 1. The van der Waals surface area contributed by atoms with E-state index in [1.54, 1.807) is 6.07 Å². The fourth-order valence-electron chi connectivity index (χ4n) is 2.73. The van der Waals surface area contributed by atoms with Crippen molar-refractivity contribution < 1.29 is 9.18 Å². The highest BCUT2D eigenvalue weighted by atomic mass is 19.1. The van der Waals surface area contributed by atoms with Gasteiger partial charge in [0.05, 0.1) is 5.69 Å². The highest BCUT2D eigenvalue weighted by Crippen LogP contribution is 2.28. The number of halogens is 1. The van der Waals surface area contributed by atoms with Crippen LogP contribution in [0.1, 0.15) is 37.8 Å². The average molecular weight is 279 g/mol. The van der Waals surface area contributed by atoms with E-state index in [0.717, 1.165) is 31.5 Å². The van der Waals surface area contributed by atoms with E-state index in [1.807, 2.05) is 17.9 Å². The minimum atomic E-state index is -0.254. The van der Waals surface area contributed by atoms with Crippen LogP contribution >= 0.6 is 0 Å². The van der Waals surface area contributed by atoms with Crippen LogP contribution < -0.4 is 16.4 Å². The Bertz CT molecular complexity index is 482. The molecule has 1 atom stereocenters. The van der Waals surface area contributed by atoms with Gasteiger partial charge in [-0.1, -0.05) is 6.07 Å². The summed E-state index contributed by atoms with van der Waals surface area (Å²) in [7, 11) is 0. The van der Waals surface area contributed by atoms with Crippen molar-refractivity contribution in [2.75, 3.05) is 18.0 Å². The molecule has 1 saturated heterocycles. The van der Waals surface area contributed by atoms with E-state index < -0.39 is 0 Å². The van der Waals surface area contributed by atoms with Crippen LogP contribution in [0.15, 0.2) is 18.2 Å². The maximum atomic E-state index is 14.1. The number of nitrogens with zero attached hydrogens (tertiary/aromatic N) is 1. The third kappa shape index (κ3) is 3.48. The summed E-state index contributed by atoms with van der Waals surface area (Å²) in [6.07, 6.45) is 2.18. The van der Waals surface area contributed by atoms with Crippen LogP contribution in [-0.2, 0) is 4.79 Å². The Hall–Kier alpha value is -1.62. The van der Waals surface area contributed by atoms with Crippen molar-refractivity contribution in [2.24, 2.45) is 17.4 Å². The first-order valence-electron chi connectivity index (χ1n) is 7.05. The standard InChI is InChI=1S/C15H22FN3O/c1-10(17)12-2-3-14(13(16)9-12)19-6-4-11(5-7-19)8-15(18)20/h2-3,9-11H,4-8,17H2,1H3,(H2,18,20)/t10-/m0/s1. The predicted molar refractivity (Wildman–Crippen MR) is 77.8 cm³/mol. The second-order valence-corrected chi connectivity index (χ2v) is 5.60. The molecule has 1 amide bonds. The van der Waals surface area contributed by atoms with Crippen molar-refractivity contribution in [1.82, 2.24) is 0 Å². The summed E-state index contributed by atoms with van der Waals surface area (Å²) in [5.74, 6) is -0.154. The van der Waals surface area contributed by atoms with Gasteiger partial charge in [-0.3, -0.25) is 4.79 Å². The monoisotopic (exact) mass is 279 g/mol. The predicted octanol–water partition coefficient (Wildman–Crippen LogP) is 1.94. The van der Waals surface area contributed by atoms with E-state index in [-0.39, 0.29) is 17.8 Å². The first-order chi connectivity index (χ1) is 9.47. The molecule has 5 heteroatoms. The zero-order valence-electron chi connectivity index (χ0n) is 11.8. The van der Waals surface area contributed by atoms with Crippen LogP contribution in [0.5, 0.6) is 0 Å². The van der Waals surface area contributed by atoms with Crippen molar-refractivity contribution >= 4 is 11.6 Å². The highest BCUT2D eigenvalue weighted by molar-refractivity contribution is 5.74. The Morgan fingerprint density at radius 2 is 2.10 bits per heavy atom. The molecule has 110 valence electrons. The number of carbonyl (C=O) groups excluding carboxylic acids is 1. The summed E-state index contributed by atoms with van der Waals surface area (Å²) in [5, 5.41) is 0. The molecule has 0 saturated carbocycles. The van der Waals surface area contributed by atoms with Crippen LogP contribution in [-0.4, -0.2) is 19.0 Å². The van der Waals surface area contributed by atoms with E-state index in [2.05, 4.69) is 0 Å². The fraction of sp³-hybridized carbons (Fsp3) is 0.533. The molecule has 0 unspecified atom stereocenters. The van der Waals surface area contributed by atoms with Crippen molar-refractivity contribution in [3.63, 3.8) is 0 Å². The van der Waals surface area contributed by atoms with E-state index in [0.29, 0.717) is 18.0 Å². The van der Waals surface area contributed by atoms with Gasteiger partial charge in [0.1, 0.15) is 5.82 Å². The van der Waals surface area contributed by atoms with Crippen LogP contribution in [0.2, 0.25) is 0 Å². The maximum Gasteiger partial charge on any atom is 0.217 e. The Kier molecular flexibility index (Phi) is 4.60. The molecule has 4 nitrogen and oxygen atoms in total. The van der Waals surface area contributed by atoms with Crippen LogP contribution in [0.4, 0.5) is 10.1 Å². The van der Waals surface area contributed by atoms with Gasteiger partial charge >= 0.3 is 0 Å². The molecule has 0 spiro atoms. The van der Waals surface area contributed by atoms with Crippen molar-refractivity contribution in [3.8, 4) is 0 Å². The topological polar surface area (TPSA) is 72.3 Å². The third-order valence-corrected chi connectivity index (χ3v) is 3.94. The number of hydrogen-bond acceptors (Lipinski definition) is 3. The summed E-state index contributed by atoms with van der Waals surface area (Å²) >= 11 is 0. The van der Waals surface area contributed by atoms with Gasteiger partial charge in [-0.05, 0) is 43.4 Å². The molecule has 20 heavy (non-hydrogen) atoms. The zero-order chi connectivity index (χ0) is 14.7. The fourth-order valence-corrected chi connectivity index (χ4v) is 2.73. The SMILES string of the molecule is C[C@H](N)c1ccc(N2CCC(CC(N)=O)CC2)c(F)c1. The lowest BCUT2D eigenvalue weighted by Gasteiger charge is -2.33. The molecule has 0 aromatic heterocycles. The van der Waals surface area contributed by atoms with Gasteiger partial charge in [0.15, 0.2) is 0 Å². The number of primary amides is 1. The van der Waals surface area contributed by atoms with Gasteiger partial charge in [0, 0.05) is 25.6 Å². The van der Waals surface area contributed by atoms with Gasteiger partial charge in [0.2, 0.25) is 5.91 Å². The molecule has 1 aliphatic heterocycles. The highest BCUT2D eigenvalue weighted by Gasteiger charge is 2.22. The summed E-state index contributed by atoms with van der Waals surface area (Å²) < 4.78 is 14.1. The molecule has 1 heterocycles. The lowest BCUT2D eigenvalue weighted by atomic mass is 9.93. The van der Waals surface area contributed by atoms with Gasteiger partial charge in [0.25, 0.3) is 0 Å². The molecule has 0 bridgehead atoms. The van der Waals surface area contributed by atoms with Crippen LogP contribution in [0.25, 0.3) is 0 Å². The van der Waals surface area contributed by atoms with Crippen molar-refractivity contribution in [2.45, 2.75) is 32.2 Å². The van der Waals surface area contributed by atoms with Gasteiger partial charge in [-0.2, -0.15) is 0 Å². The van der Waals surface area contributed by atoms with Gasteiger partial charge in [-0.15, -0.1) is 0 Å². The molecule has 0 radical (unpaired) electrons.